The zero-order chi connectivity index (χ0) is 17.5. The number of hydrogen-bond acceptors (Lipinski definition) is 4. The van der Waals surface area contributed by atoms with Gasteiger partial charge in [-0.1, -0.05) is 13.3 Å². The number of morpholine rings is 1. The first kappa shape index (κ1) is 22.2. The van der Waals surface area contributed by atoms with Crippen LogP contribution >= 0.6 is 24.0 Å². The molecule has 0 aliphatic carbocycles. The predicted molar refractivity (Wildman–Crippen MR) is 119 cm³/mol. The van der Waals surface area contributed by atoms with Crippen molar-refractivity contribution in [2.24, 2.45) is 4.99 Å². The van der Waals surface area contributed by atoms with E-state index in [4.69, 9.17) is 9.73 Å². The Labute approximate surface area is 176 Å². The van der Waals surface area contributed by atoms with Gasteiger partial charge in [0, 0.05) is 44.8 Å². The summed E-state index contributed by atoms with van der Waals surface area (Å²) >= 11 is 0. The summed E-state index contributed by atoms with van der Waals surface area (Å²) in [5, 5.41) is 3.53. The molecule has 26 heavy (non-hydrogen) atoms. The van der Waals surface area contributed by atoms with E-state index < -0.39 is 0 Å². The van der Waals surface area contributed by atoms with Crippen molar-refractivity contribution in [1.82, 2.24) is 20.0 Å². The summed E-state index contributed by atoms with van der Waals surface area (Å²) in [5.74, 6) is 1.12. The molecule has 0 aromatic rings. The van der Waals surface area contributed by atoms with Gasteiger partial charge < -0.3 is 15.0 Å². The van der Waals surface area contributed by atoms with Crippen molar-refractivity contribution in [2.45, 2.75) is 51.6 Å². The lowest BCUT2D eigenvalue weighted by Gasteiger charge is -2.34. The van der Waals surface area contributed by atoms with Crippen LogP contribution in [0.3, 0.4) is 0 Å². The molecule has 0 amide bonds. The Balaban J connectivity index is 0.00000243. The van der Waals surface area contributed by atoms with E-state index in [9.17, 15) is 0 Å². The van der Waals surface area contributed by atoms with Gasteiger partial charge in [0.2, 0.25) is 0 Å². The van der Waals surface area contributed by atoms with Crippen LogP contribution in [0.1, 0.15) is 39.5 Å². The Morgan fingerprint density at radius 1 is 1.08 bits per heavy atom. The Morgan fingerprint density at radius 3 is 2.62 bits per heavy atom. The van der Waals surface area contributed by atoms with Crippen LogP contribution in [0, 0.1) is 0 Å². The van der Waals surface area contributed by atoms with Crippen LogP contribution < -0.4 is 5.32 Å². The third-order valence-electron chi connectivity index (χ3n) is 5.97. The number of guanidine groups is 1. The molecule has 6 nitrogen and oxygen atoms in total. The lowest BCUT2D eigenvalue weighted by molar-refractivity contribution is 0.0195. The monoisotopic (exact) mass is 479 g/mol. The number of halogens is 1. The Kier molecular flexibility index (Phi) is 9.94. The van der Waals surface area contributed by atoms with Crippen molar-refractivity contribution >= 4 is 29.9 Å². The maximum atomic E-state index is 5.50. The van der Waals surface area contributed by atoms with Gasteiger partial charge in [0.25, 0.3) is 0 Å². The van der Waals surface area contributed by atoms with E-state index in [2.05, 4.69) is 33.9 Å². The molecular formula is C19H38IN5O. The maximum absolute atomic E-state index is 5.50. The molecule has 1 N–H and O–H groups in total. The SMILES string of the molecule is CCNC(=NCC1CCCCN1CC)N1CCC(N2CCOCC2)C1.I. The molecule has 3 heterocycles. The Bertz CT molecular complexity index is 430. The van der Waals surface area contributed by atoms with Crippen molar-refractivity contribution < 1.29 is 4.74 Å². The highest BCUT2D eigenvalue weighted by atomic mass is 127. The fourth-order valence-corrected chi connectivity index (χ4v) is 4.48. The molecule has 0 aromatic carbocycles. The molecule has 152 valence electrons. The summed E-state index contributed by atoms with van der Waals surface area (Å²) < 4.78 is 5.50. The second kappa shape index (κ2) is 11.7. The van der Waals surface area contributed by atoms with Gasteiger partial charge in [0.15, 0.2) is 5.96 Å². The van der Waals surface area contributed by atoms with Crippen molar-refractivity contribution in [1.29, 1.82) is 0 Å². The highest BCUT2D eigenvalue weighted by molar-refractivity contribution is 14.0. The van der Waals surface area contributed by atoms with Crippen LogP contribution in [-0.2, 0) is 4.74 Å². The van der Waals surface area contributed by atoms with Gasteiger partial charge in [-0.05, 0) is 39.3 Å². The van der Waals surface area contributed by atoms with Gasteiger partial charge in [-0.2, -0.15) is 0 Å². The molecule has 0 radical (unpaired) electrons. The third kappa shape index (κ3) is 5.94. The summed E-state index contributed by atoms with van der Waals surface area (Å²) in [6.07, 6.45) is 5.25. The molecule has 3 saturated heterocycles. The number of nitrogens with zero attached hydrogens (tertiary/aromatic N) is 4. The minimum atomic E-state index is 0. The normalized spacial score (nSPS) is 28.8. The van der Waals surface area contributed by atoms with Gasteiger partial charge in [-0.3, -0.25) is 14.8 Å². The summed E-state index contributed by atoms with van der Waals surface area (Å²) in [5.41, 5.74) is 0. The average molecular weight is 479 g/mol. The highest BCUT2D eigenvalue weighted by Crippen LogP contribution is 2.19. The molecule has 0 saturated carbocycles. The van der Waals surface area contributed by atoms with Crippen molar-refractivity contribution in [3.05, 3.63) is 0 Å². The maximum Gasteiger partial charge on any atom is 0.194 e. The van der Waals surface area contributed by atoms with Gasteiger partial charge in [0.05, 0.1) is 19.8 Å². The second-order valence-corrected chi connectivity index (χ2v) is 7.51. The Hall–Kier alpha value is -0.120. The minimum Gasteiger partial charge on any atom is -0.379 e. The van der Waals surface area contributed by atoms with E-state index in [0.717, 1.165) is 65.0 Å². The number of likely N-dealkylation sites (tertiary alicyclic amines) is 2. The number of likely N-dealkylation sites (N-methyl/N-ethyl adjacent to an activating group) is 1. The smallest absolute Gasteiger partial charge is 0.194 e. The molecule has 0 aromatic heterocycles. The van der Waals surface area contributed by atoms with Crippen LogP contribution in [0.2, 0.25) is 0 Å². The Morgan fingerprint density at radius 2 is 1.88 bits per heavy atom. The summed E-state index contributed by atoms with van der Waals surface area (Å²) in [6.45, 7) is 14.9. The number of ether oxygens (including phenoxy) is 1. The van der Waals surface area contributed by atoms with Gasteiger partial charge in [0.1, 0.15) is 0 Å². The molecule has 7 heteroatoms. The topological polar surface area (TPSA) is 43.3 Å². The number of nitrogens with one attached hydrogen (secondary N) is 1. The molecule has 0 spiro atoms. The molecular weight excluding hydrogens is 441 g/mol. The summed E-state index contributed by atoms with van der Waals surface area (Å²) in [4.78, 5) is 12.7. The lowest BCUT2D eigenvalue weighted by atomic mass is 10.0. The lowest BCUT2D eigenvalue weighted by Crippen LogP contribution is -2.47. The molecule has 3 aliphatic rings. The first-order valence-corrected chi connectivity index (χ1v) is 10.4. The first-order valence-electron chi connectivity index (χ1n) is 10.4. The molecule has 2 atom stereocenters. The minimum absolute atomic E-state index is 0. The van der Waals surface area contributed by atoms with E-state index in [1.807, 2.05) is 0 Å². The van der Waals surface area contributed by atoms with E-state index in [0.29, 0.717) is 12.1 Å². The summed E-state index contributed by atoms with van der Waals surface area (Å²) in [7, 11) is 0. The number of rotatable bonds is 5. The average Bonchev–Trinajstić information content (AvgIpc) is 3.16. The van der Waals surface area contributed by atoms with E-state index in [1.165, 1.54) is 32.2 Å². The third-order valence-corrected chi connectivity index (χ3v) is 5.97. The van der Waals surface area contributed by atoms with Crippen LogP contribution in [0.15, 0.2) is 4.99 Å². The van der Waals surface area contributed by atoms with Gasteiger partial charge >= 0.3 is 0 Å². The molecule has 2 unspecified atom stereocenters. The number of hydrogen-bond donors (Lipinski definition) is 1. The molecule has 0 bridgehead atoms. The van der Waals surface area contributed by atoms with Gasteiger partial charge in [-0.15, -0.1) is 24.0 Å². The second-order valence-electron chi connectivity index (χ2n) is 7.51. The zero-order valence-corrected chi connectivity index (χ0v) is 19.0. The van der Waals surface area contributed by atoms with Crippen molar-refractivity contribution in [3.8, 4) is 0 Å². The van der Waals surface area contributed by atoms with E-state index in [-0.39, 0.29) is 24.0 Å². The summed E-state index contributed by atoms with van der Waals surface area (Å²) in [6, 6.07) is 1.29. The van der Waals surface area contributed by atoms with Crippen LogP contribution in [0.5, 0.6) is 0 Å². The quantitative estimate of drug-likeness (QED) is 0.371. The number of piperidine rings is 1. The molecule has 3 aliphatic heterocycles. The largest absolute Gasteiger partial charge is 0.379 e. The first-order chi connectivity index (χ1) is 12.3. The van der Waals surface area contributed by atoms with Crippen LogP contribution in [0.25, 0.3) is 0 Å². The van der Waals surface area contributed by atoms with Crippen LogP contribution in [0.4, 0.5) is 0 Å². The fourth-order valence-electron chi connectivity index (χ4n) is 4.48. The standard InChI is InChI=1S/C19H37N5O.HI/c1-3-20-19(21-15-17-7-5-6-9-22(17)4-2)24-10-8-18(16-24)23-11-13-25-14-12-23;/h17-18H,3-16H2,1-2H3,(H,20,21);1H. The van der Waals surface area contributed by atoms with Crippen molar-refractivity contribution in [2.75, 3.05) is 65.6 Å². The fraction of sp³-hybridized carbons (Fsp3) is 0.947. The van der Waals surface area contributed by atoms with Crippen molar-refractivity contribution in [3.63, 3.8) is 0 Å². The molecule has 3 rings (SSSR count). The van der Waals surface area contributed by atoms with Crippen LogP contribution in [-0.4, -0.2) is 98.3 Å². The van der Waals surface area contributed by atoms with E-state index >= 15 is 0 Å². The molecule has 3 fully saturated rings. The van der Waals surface area contributed by atoms with Gasteiger partial charge in [-0.25, -0.2) is 0 Å². The number of aliphatic imine (C=N–C) groups is 1. The predicted octanol–water partition coefficient (Wildman–Crippen LogP) is 1.85. The van der Waals surface area contributed by atoms with E-state index in [1.54, 1.807) is 0 Å². The zero-order valence-electron chi connectivity index (χ0n) is 16.7. The highest BCUT2D eigenvalue weighted by Gasteiger charge is 2.30.